The zero-order valence-electron chi connectivity index (χ0n) is 12.8. The Morgan fingerprint density at radius 2 is 2.24 bits per heavy atom. The monoisotopic (exact) mass is 291 g/mol. The highest BCUT2D eigenvalue weighted by molar-refractivity contribution is 5.70. The molecule has 1 saturated carbocycles. The highest BCUT2D eigenvalue weighted by atomic mass is 16.5. The lowest BCUT2D eigenvalue weighted by molar-refractivity contribution is -0.143. The van der Waals surface area contributed by atoms with Gasteiger partial charge in [0.25, 0.3) is 0 Å². The summed E-state index contributed by atoms with van der Waals surface area (Å²) in [6.45, 7) is 4.78. The van der Waals surface area contributed by atoms with Crippen molar-refractivity contribution in [1.82, 2.24) is 5.32 Å². The lowest BCUT2D eigenvalue weighted by Crippen LogP contribution is -2.36. The van der Waals surface area contributed by atoms with E-state index in [0.717, 1.165) is 38.0 Å². The second-order valence-electron chi connectivity index (χ2n) is 6.09. The summed E-state index contributed by atoms with van der Waals surface area (Å²) in [5.41, 5.74) is 1.17. The molecule has 2 N–H and O–H groups in total. The Bertz CT molecular complexity index is 473. The van der Waals surface area contributed by atoms with Crippen molar-refractivity contribution in [3.05, 3.63) is 29.8 Å². The molecule has 4 nitrogen and oxygen atoms in total. The number of ether oxygens (including phenoxy) is 1. The molecule has 4 heteroatoms. The fraction of sp³-hybridized carbons (Fsp3) is 0.588. The third-order valence-corrected chi connectivity index (χ3v) is 3.89. The van der Waals surface area contributed by atoms with Gasteiger partial charge in [0, 0.05) is 12.6 Å². The molecule has 0 amide bonds. The summed E-state index contributed by atoms with van der Waals surface area (Å²) < 4.78 is 5.69. The van der Waals surface area contributed by atoms with Gasteiger partial charge in [-0.05, 0) is 50.8 Å². The summed E-state index contributed by atoms with van der Waals surface area (Å²) in [5.74, 6) is 0.0389. The molecular formula is C17H25NO3. The van der Waals surface area contributed by atoms with E-state index in [1.165, 1.54) is 5.56 Å². The van der Waals surface area contributed by atoms with Crippen LogP contribution in [0.1, 0.15) is 45.1 Å². The molecule has 0 aromatic heterocycles. The standard InChI is InChI=1S/C17H25NO3/c1-12(2)21-16-8-3-5-13(9-16)11-18-15-7-4-6-14(10-15)17(19)20/h3,5,8-9,12,14-15,18H,4,6-7,10-11H2,1-2H3,(H,19,20). The summed E-state index contributed by atoms with van der Waals surface area (Å²) in [6.07, 6.45) is 3.77. The third kappa shape index (κ3) is 5.05. The molecule has 1 aliphatic carbocycles. The Labute approximate surface area is 126 Å². The number of nitrogens with one attached hydrogen (secondary N) is 1. The minimum Gasteiger partial charge on any atom is -0.491 e. The van der Waals surface area contributed by atoms with Crippen LogP contribution < -0.4 is 10.1 Å². The Balaban J connectivity index is 1.86. The Kier molecular flexibility index (Phi) is 5.62. The highest BCUT2D eigenvalue weighted by Gasteiger charge is 2.26. The lowest BCUT2D eigenvalue weighted by atomic mass is 9.86. The van der Waals surface area contributed by atoms with Crippen LogP contribution >= 0.6 is 0 Å². The number of carboxylic acids is 1. The second-order valence-corrected chi connectivity index (χ2v) is 6.09. The molecule has 0 spiro atoms. The van der Waals surface area contributed by atoms with Crippen LogP contribution in [-0.2, 0) is 11.3 Å². The average molecular weight is 291 g/mol. The smallest absolute Gasteiger partial charge is 0.306 e. The maximum Gasteiger partial charge on any atom is 0.306 e. The molecule has 2 rings (SSSR count). The van der Waals surface area contributed by atoms with Crippen LogP contribution in [0, 0.1) is 5.92 Å². The summed E-state index contributed by atoms with van der Waals surface area (Å²) in [5, 5.41) is 12.6. The Hall–Kier alpha value is -1.55. The van der Waals surface area contributed by atoms with Gasteiger partial charge in [-0.15, -0.1) is 0 Å². The van der Waals surface area contributed by atoms with Crippen molar-refractivity contribution in [3.8, 4) is 5.75 Å². The molecule has 1 aliphatic rings. The van der Waals surface area contributed by atoms with E-state index in [1.807, 2.05) is 32.0 Å². The van der Waals surface area contributed by atoms with E-state index in [9.17, 15) is 4.79 Å². The van der Waals surface area contributed by atoms with Crippen molar-refractivity contribution in [1.29, 1.82) is 0 Å². The minimum atomic E-state index is -0.658. The van der Waals surface area contributed by atoms with Crippen molar-refractivity contribution in [2.24, 2.45) is 5.92 Å². The zero-order valence-corrected chi connectivity index (χ0v) is 12.8. The maximum absolute atomic E-state index is 11.1. The first-order valence-corrected chi connectivity index (χ1v) is 7.76. The molecule has 0 saturated heterocycles. The number of benzene rings is 1. The van der Waals surface area contributed by atoms with E-state index >= 15 is 0 Å². The van der Waals surface area contributed by atoms with Crippen molar-refractivity contribution in [2.75, 3.05) is 0 Å². The van der Waals surface area contributed by atoms with Gasteiger partial charge in [0.2, 0.25) is 0 Å². The van der Waals surface area contributed by atoms with Crippen LogP contribution in [0.5, 0.6) is 5.75 Å². The maximum atomic E-state index is 11.1. The first kappa shape index (κ1) is 15.8. The predicted octanol–water partition coefficient (Wildman–Crippen LogP) is 3.21. The first-order chi connectivity index (χ1) is 10.0. The summed E-state index contributed by atoms with van der Waals surface area (Å²) >= 11 is 0. The summed E-state index contributed by atoms with van der Waals surface area (Å²) in [7, 11) is 0. The molecular weight excluding hydrogens is 266 g/mol. The molecule has 1 aromatic rings. The molecule has 0 aliphatic heterocycles. The lowest BCUT2D eigenvalue weighted by Gasteiger charge is -2.27. The van der Waals surface area contributed by atoms with E-state index in [4.69, 9.17) is 9.84 Å². The molecule has 0 heterocycles. The largest absolute Gasteiger partial charge is 0.491 e. The number of aliphatic carboxylic acids is 1. The Morgan fingerprint density at radius 3 is 2.95 bits per heavy atom. The van der Waals surface area contributed by atoms with Crippen molar-refractivity contribution in [2.45, 2.75) is 58.2 Å². The van der Waals surface area contributed by atoms with Gasteiger partial charge in [0.05, 0.1) is 12.0 Å². The van der Waals surface area contributed by atoms with Crippen LogP contribution in [0.15, 0.2) is 24.3 Å². The normalized spacial score (nSPS) is 22.2. The predicted molar refractivity (Wildman–Crippen MR) is 82.4 cm³/mol. The van der Waals surface area contributed by atoms with Gasteiger partial charge < -0.3 is 15.2 Å². The SMILES string of the molecule is CC(C)Oc1cccc(CNC2CCCC(C(=O)O)C2)c1. The van der Waals surface area contributed by atoms with Crippen LogP contribution in [0.25, 0.3) is 0 Å². The van der Waals surface area contributed by atoms with Crippen LogP contribution in [0.4, 0.5) is 0 Å². The zero-order chi connectivity index (χ0) is 15.2. The summed E-state index contributed by atoms with van der Waals surface area (Å²) in [6, 6.07) is 8.37. The topological polar surface area (TPSA) is 58.6 Å². The fourth-order valence-electron chi connectivity index (χ4n) is 2.86. The number of carboxylic acid groups (broad SMARTS) is 1. The van der Waals surface area contributed by atoms with Gasteiger partial charge in [-0.2, -0.15) is 0 Å². The molecule has 21 heavy (non-hydrogen) atoms. The van der Waals surface area contributed by atoms with Crippen LogP contribution in [0.2, 0.25) is 0 Å². The molecule has 0 bridgehead atoms. The number of hydrogen-bond acceptors (Lipinski definition) is 3. The van der Waals surface area contributed by atoms with Gasteiger partial charge in [0.1, 0.15) is 5.75 Å². The minimum absolute atomic E-state index is 0.169. The van der Waals surface area contributed by atoms with Crippen molar-refractivity contribution < 1.29 is 14.6 Å². The van der Waals surface area contributed by atoms with E-state index in [-0.39, 0.29) is 12.0 Å². The molecule has 1 fully saturated rings. The fourth-order valence-corrected chi connectivity index (χ4v) is 2.86. The highest BCUT2D eigenvalue weighted by Crippen LogP contribution is 2.25. The van der Waals surface area contributed by atoms with Gasteiger partial charge >= 0.3 is 5.97 Å². The van der Waals surface area contributed by atoms with E-state index < -0.39 is 5.97 Å². The van der Waals surface area contributed by atoms with Gasteiger partial charge in [-0.3, -0.25) is 4.79 Å². The molecule has 116 valence electrons. The second kappa shape index (κ2) is 7.46. The quantitative estimate of drug-likeness (QED) is 0.845. The number of hydrogen-bond donors (Lipinski definition) is 2. The van der Waals surface area contributed by atoms with Gasteiger partial charge in [-0.25, -0.2) is 0 Å². The summed E-state index contributed by atoms with van der Waals surface area (Å²) in [4.78, 5) is 11.1. The molecule has 0 radical (unpaired) electrons. The van der Waals surface area contributed by atoms with E-state index in [2.05, 4.69) is 11.4 Å². The van der Waals surface area contributed by atoms with Crippen LogP contribution in [-0.4, -0.2) is 23.2 Å². The van der Waals surface area contributed by atoms with Crippen LogP contribution in [0.3, 0.4) is 0 Å². The first-order valence-electron chi connectivity index (χ1n) is 7.76. The molecule has 1 aromatic carbocycles. The number of rotatable bonds is 6. The third-order valence-electron chi connectivity index (χ3n) is 3.89. The van der Waals surface area contributed by atoms with Crippen molar-refractivity contribution in [3.63, 3.8) is 0 Å². The average Bonchev–Trinajstić information content (AvgIpc) is 2.45. The molecule has 2 unspecified atom stereocenters. The van der Waals surface area contributed by atoms with Crippen molar-refractivity contribution >= 4 is 5.97 Å². The van der Waals surface area contributed by atoms with Gasteiger partial charge in [-0.1, -0.05) is 18.6 Å². The van der Waals surface area contributed by atoms with E-state index in [0.29, 0.717) is 6.04 Å². The molecule has 2 atom stereocenters. The number of carbonyl (C=O) groups is 1. The van der Waals surface area contributed by atoms with Gasteiger partial charge in [0.15, 0.2) is 0 Å². The van der Waals surface area contributed by atoms with E-state index in [1.54, 1.807) is 0 Å². The Morgan fingerprint density at radius 1 is 1.43 bits per heavy atom.